The smallest absolute Gasteiger partial charge is 0.344 e. The van der Waals surface area contributed by atoms with E-state index in [0.29, 0.717) is 17.1 Å². The molecule has 9 nitrogen and oxygen atoms in total. The molecule has 0 atom stereocenters. The maximum atomic E-state index is 12.5. The molecule has 1 aromatic heterocycles. The number of aromatic nitrogens is 1. The Hall–Kier alpha value is -3.49. The SMILES string of the molecule is CC(=O)Nc1ccc(C(=O)COC(=O)c2c(C)noc2C)c(NC(C)=O)c1. The number of amides is 2. The summed E-state index contributed by atoms with van der Waals surface area (Å²) in [6, 6.07) is 4.39. The molecule has 1 aromatic carbocycles. The number of rotatable bonds is 6. The summed E-state index contributed by atoms with van der Waals surface area (Å²) >= 11 is 0. The minimum Gasteiger partial charge on any atom is -0.454 e. The van der Waals surface area contributed by atoms with Crippen molar-refractivity contribution in [1.82, 2.24) is 5.16 Å². The summed E-state index contributed by atoms with van der Waals surface area (Å²) in [4.78, 5) is 47.2. The second-order valence-corrected chi connectivity index (χ2v) is 5.82. The van der Waals surface area contributed by atoms with Crippen molar-refractivity contribution in [3.05, 3.63) is 40.8 Å². The molecular weight excluding hydrogens is 354 g/mol. The molecule has 0 saturated heterocycles. The lowest BCUT2D eigenvalue weighted by atomic mass is 10.1. The fraction of sp³-hybridized carbons (Fsp3) is 0.278. The van der Waals surface area contributed by atoms with E-state index in [1.165, 1.54) is 32.0 Å². The Morgan fingerprint density at radius 2 is 1.74 bits per heavy atom. The number of nitrogens with zero attached hydrogens (tertiary/aromatic N) is 1. The highest BCUT2D eigenvalue weighted by atomic mass is 16.5. The molecule has 0 aliphatic rings. The number of carbonyl (C=O) groups is 4. The van der Waals surface area contributed by atoms with E-state index in [1.54, 1.807) is 13.8 Å². The predicted octanol–water partition coefficient (Wildman–Crippen LogP) is 2.25. The molecule has 0 radical (unpaired) electrons. The number of benzene rings is 1. The third kappa shape index (κ3) is 5.00. The monoisotopic (exact) mass is 373 g/mol. The van der Waals surface area contributed by atoms with Crippen molar-refractivity contribution < 1.29 is 28.4 Å². The Bertz CT molecular complexity index is 896. The van der Waals surface area contributed by atoms with Crippen LogP contribution in [0.15, 0.2) is 22.7 Å². The average molecular weight is 373 g/mol. The average Bonchev–Trinajstić information content (AvgIpc) is 2.90. The Morgan fingerprint density at radius 1 is 1.07 bits per heavy atom. The molecule has 0 aliphatic heterocycles. The standard InChI is InChI=1S/C18H19N3O6/c1-9-17(10(2)27-21-9)18(25)26-8-16(24)14-6-5-13(19-11(3)22)7-15(14)20-12(4)23/h5-7H,8H2,1-4H3,(H,19,22)(H,20,23). The van der Waals surface area contributed by atoms with Crippen LogP contribution in [0.3, 0.4) is 0 Å². The van der Waals surface area contributed by atoms with Gasteiger partial charge in [0.05, 0.1) is 11.4 Å². The molecule has 0 aliphatic carbocycles. The van der Waals surface area contributed by atoms with Gasteiger partial charge in [0.2, 0.25) is 17.6 Å². The molecule has 27 heavy (non-hydrogen) atoms. The first-order chi connectivity index (χ1) is 12.7. The van der Waals surface area contributed by atoms with Crippen LogP contribution >= 0.6 is 0 Å². The number of hydrogen-bond donors (Lipinski definition) is 2. The number of ether oxygens (including phenoxy) is 1. The molecule has 2 amide bonds. The number of ketones is 1. The first-order valence-electron chi connectivity index (χ1n) is 8.01. The summed E-state index contributed by atoms with van der Waals surface area (Å²) in [5, 5.41) is 8.75. The van der Waals surface area contributed by atoms with Crippen LogP contribution in [-0.2, 0) is 14.3 Å². The molecule has 142 valence electrons. The minimum absolute atomic E-state index is 0.144. The van der Waals surface area contributed by atoms with Crippen LogP contribution in [0.4, 0.5) is 11.4 Å². The molecule has 0 bridgehead atoms. The highest BCUT2D eigenvalue weighted by Crippen LogP contribution is 2.22. The highest BCUT2D eigenvalue weighted by molar-refractivity contribution is 6.07. The van der Waals surface area contributed by atoms with Crippen LogP contribution in [0.1, 0.15) is 46.0 Å². The largest absolute Gasteiger partial charge is 0.454 e. The van der Waals surface area contributed by atoms with E-state index in [0.717, 1.165) is 0 Å². The summed E-state index contributed by atoms with van der Waals surface area (Å²) in [5.74, 6) is -1.64. The van der Waals surface area contributed by atoms with Gasteiger partial charge in [-0.15, -0.1) is 0 Å². The summed E-state index contributed by atoms with van der Waals surface area (Å²) in [5.41, 5.74) is 1.29. The predicted molar refractivity (Wildman–Crippen MR) is 95.6 cm³/mol. The summed E-state index contributed by atoms with van der Waals surface area (Å²) in [6.45, 7) is 5.25. The Balaban J connectivity index is 2.18. The zero-order valence-electron chi connectivity index (χ0n) is 15.3. The van der Waals surface area contributed by atoms with Gasteiger partial charge in [-0.05, 0) is 32.0 Å². The van der Waals surface area contributed by atoms with E-state index in [4.69, 9.17) is 9.26 Å². The third-order valence-corrected chi connectivity index (χ3v) is 3.52. The first-order valence-corrected chi connectivity index (χ1v) is 8.01. The lowest BCUT2D eigenvalue weighted by molar-refractivity contribution is -0.115. The van der Waals surface area contributed by atoms with Crippen molar-refractivity contribution in [3.8, 4) is 0 Å². The fourth-order valence-corrected chi connectivity index (χ4v) is 2.42. The van der Waals surface area contributed by atoms with Crippen LogP contribution in [0, 0.1) is 13.8 Å². The molecule has 1 heterocycles. The van der Waals surface area contributed by atoms with Gasteiger partial charge >= 0.3 is 5.97 Å². The Labute approximate surface area is 155 Å². The van der Waals surface area contributed by atoms with E-state index >= 15 is 0 Å². The van der Waals surface area contributed by atoms with Crippen LogP contribution in [0.5, 0.6) is 0 Å². The van der Waals surface area contributed by atoms with E-state index in [-0.39, 0.29) is 22.7 Å². The van der Waals surface area contributed by atoms with Crippen molar-refractivity contribution in [3.63, 3.8) is 0 Å². The fourth-order valence-electron chi connectivity index (χ4n) is 2.42. The van der Waals surface area contributed by atoms with Gasteiger partial charge in [0, 0.05) is 25.1 Å². The lowest BCUT2D eigenvalue weighted by Gasteiger charge is -2.12. The number of hydrogen-bond acceptors (Lipinski definition) is 7. The van der Waals surface area contributed by atoms with Crippen LogP contribution < -0.4 is 10.6 Å². The number of carbonyl (C=O) groups excluding carboxylic acids is 4. The molecule has 0 spiro atoms. The van der Waals surface area contributed by atoms with Crippen molar-refractivity contribution in [2.45, 2.75) is 27.7 Å². The summed E-state index contributed by atoms with van der Waals surface area (Å²) < 4.78 is 9.95. The number of anilines is 2. The zero-order valence-corrected chi connectivity index (χ0v) is 15.3. The Kier molecular flexibility index (Phi) is 6.07. The van der Waals surface area contributed by atoms with Gasteiger partial charge in [0.25, 0.3) is 0 Å². The number of Topliss-reactive ketones (excluding diaryl/α,β-unsaturated/α-hetero) is 1. The van der Waals surface area contributed by atoms with E-state index < -0.39 is 24.3 Å². The molecule has 2 rings (SSSR count). The van der Waals surface area contributed by atoms with Crippen LogP contribution in [0.25, 0.3) is 0 Å². The third-order valence-electron chi connectivity index (χ3n) is 3.52. The summed E-state index contributed by atoms with van der Waals surface area (Å²) in [6.07, 6.45) is 0. The zero-order chi connectivity index (χ0) is 20.1. The molecule has 0 saturated carbocycles. The van der Waals surface area contributed by atoms with Crippen molar-refractivity contribution in [1.29, 1.82) is 0 Å². The van der Waals surface area contributed by atoms with Crippen LogP contribution in [0.2, 0.25) is 0 Å². The van der Waals surface area contributed by atoms with Gasteiger partial charge in [-0.3, -0.25) is 14.4 Å². The Morgan fingerprint density at radius 3 is 2.30 bits per heavy atom. The number of aryl methyl sites for hydroxylation is 2. The van der Waals surface area contributed by atoms with Gasteiger partial charge in [-0.25, -0.2) is 4.79 Å². The summed E-state index contributed by atoms with van der Waals surface area (Å²) in [7, 11) is 0. The van der Waals surface area contributed by atoms with Crippen molar-refractivity contribution in [2.75, 3.05) is 17.2 Å². The van der Waals surface area contributed by atoms with E-state index in [1.807, 2.05) is 0 Å². The van der Waals surface area contributed by atoms with E-state index in [2.05, 4.69) is 15.8 Å². The molecule has 0 fully saturated rings. The van der Waals surface area contributed by atoms with Gasteiger partial charge in [0.1, 0.15) is 11.3 Å². The van der Waals surface area contributed by atoms with Crippen molar-refractivity contribution >= 4 is 34.9 Å². The van der Waals surface area contributed by atoms with Gasteiger partial charge in [0.15, 0.2) is 6.61 Å². The molecule has 2 aromatic rings. The van der Waals surface area contributed by atoms with E-state index in [9.17, 15) is 19.2 Å². The normalized spacial score (nSPS) is 10.2. The highest BCUT2D eigenvalue weighted by Gasteiger charge is 2.21. The topological polar surface area (TPSA) is 128 Å². The van der Waals surface area contributed by atoms with Gasteiger partial charge in [-0.1, -0.05) is 5.16 Å². The number of esters is 1. The van der Waals surface area contributed by atoms with Gasteiger partial charge < -0.3 is 19.9 Å². The first kappa shape index (κ1) is 19.8. The minimum atomic E-state index is -0.726. The molecular formula is C18H19N3O6. The molecule has 2 N–H and O–H groups in total. The van der Waals surface area contributed by atoms with Crippen LogP contribution in [-0.4, -0.2) is 35.3 Å². The molecule has 9 heteroatoms. The van der Waals surface area contributed by atoms with Gasteiger partial charge in [-0.2, -0.15) is 0 Å². The second kappa shape index (κ2) is 8.26. The molecule has 0 unspecified atom stereocenters. The number of nitrogens with one attached hydrogen (secondary N) is 2. The maximum Gasteiger partial charge on any atom is 0.344 e. The quantitative estimate of drug-likeness (QED) is 0.587. The lowest BCUT2D eigenvalue weighted by Crippen LogP contribution is -2.18. The second-order valence-electron chi connectivity index (χ2n) is 5.82. The van der Waals surface area contributed by atoms with Crippen molar-refractivity contribution in [2.24, 2.45) is 0 Å². The maximum absolute atomic E-state index is 12.5.